The fourth-order valence-corrected chi connectivity index (χ4v) is 3.57. The lowest BCUT2D eigenvalue weighted by molar-refractivity contribution is 0.714. The van der Waals surface area contributed by atoms with E-state index in [4.69, 9.17) is 5.73 Å². The quantitative estimate of drug-likeness (QED) is 0.587. The van der Waals surface area contributed by atoms with E-state index in [9.17, 15) is 0 Å². The summed E-state index contributed by atoms with van der Waals surface area (Å²) in [6.45, 7) is 0. The number of thiazole rings is 1. The normalized spacial score (nSPS) is 11.2. The van der Waals surface area contributed by atoms with Gasteiger partial charge in [0.1, 0.15) is 0 Å². The Balaban J connectivity index is 1.78. The van der Waals surface area contributed by atoms with Gasteiger partial charge in [0.15, 0.2) is 4.34 Å². The monoisotopic (exact) mass is 277 g/mol. The Hall–Kier alpha value is -1.60. The number of anilines is 1. The molecule has 0 saturated carbocycles. The van der Waals surface area contributed by atoms with Crippen LogP contribution in [-0.4, -0.2) is 20.0 Å². The van der Waals surface area contributed by atoms with Gasteiger partial charge < -0.3 is 5.73 Å². The van der Waals surface area contributed by atoms with Crippen molar-refractivity contribution >= 4 is 39.0 Å². The molecule has 0 bridgehead atoms. The van der Waals surface area contributed by atoms with Crippen LogP contribution in [-0.2, 0) is 12.8 Å². The van der Waals surface area contributed by atoms with Gasteiger partial charge >= 0.3 is 0 Å². The number of nitrogens with zero attached hydrogens (tertiary/aromatic N) is 4. The average molecular weight is 277 g/mol. The van der Waals surface area contributed by atoms with E-state index in [0.29, 0.717) is 0 Å². The van der Waals surface area contributed by atoms with Crippen molar-refractivity contribution in [3.8, 4) is 0 Å². The number of hydrogen-bond donors (Lipinski definition) is 1. The molecule has 0 spiro atoms. The third-order valence-electron chi connectivity index (χ3n) is 2.39. The molecular weight excluding hydrogens is 266 g/mol. The van der Waals surface area contributed by atoms with Crippen LogP contribution in [0.1, 0.15) is 5.69 Å². The number of nitrogen functional groups attached to an aromatic ring is 1. The summed E-state index contributed by atoms with van der Waals surface area (Å²) >= 11 is 3.32. The second-order valence-corrected chi connectivity index (χ2v) is 6.13. The summed E-state index contributed by atoms with van der Waals surface area (Å²) in [5, 5.41) is 7.95. The molecule has 0 atom stereocenters. The number of benzene rings is 1. The number of hydrogen-bond acceptors (Lipinski definition) is 6. The first-order chi connectivity index (χ1) is 8.70. The Morgan fingerprint density at radius 1 is 1.44 bits per heavy atom. The van der Waals surface area contributed by atoms with E-state index in [2.05, 4.69) is 15.3 Å². The van der Waals surface area contributed by atoms with E-state index in [1.807, 2.05) is 31.4 Å². The van der Waals surface area contributed by atoms with Crippen molar-refractivity contribution in [1.82, 2.24) is 20.0 Å². The highest BCUT2D eigenvalue weighted by atomic mass is 32.2. The van der Waals surface area contributed by atoms with Crippen molar-refractivity contribution in [2.24, 2.45) is 7.05 Å². The van der Waals surface area contributed by atoms with Gasteiger partial charge in [0.25, 0.3) is 0 Å². The summed E-state index contributed by atoms with van der Waals surface area (Å²) in [5.41, 5.74) is 8.48. The molecule has 92 valence electrons. The molecule has 3 rings (SSSR count). The van der Waals surface area contributed by atoms with Gasteiger partial charge in [-0.25, -0.2) is 4.98 Å². The van der Waals surface area contributed by atoms with Crippen LogP contribution in [0.4, 0.5) is 5.69 Å². The number of nitrogens with two attached hydrogens (primary N) is 1. The van der Waals surface area contributed by atoms with E-state index in [1.54, 1.807) is 27.8 Å². The highest BCUT2D eigenvalue weighted by Crippen LogP contribution is 2.31. The fraction of sp³-hybridized carbons (Fsp3) is 0.182. The van der Waals surface area contributed by atoms with Gasteiger partial charge in [-0.15, -0.1) is 16.4 Å². The number of fused-ring (bicyclic) bond motifs is 1. The lowest BCUT2D eigenvalue weighted by atomic mass is 10.3. The maximum atomic E-state index is 5.75. The van der Waals surface area contributed by atoms with Gasteiger partial charge in [-0.05, 0) is 18.2 Å². The van der Waals surface area contributed by atoms with Gasteiger partial charge in [0.2, 0.25) is 0 Å². The molecule has 0 aliphatic rings. The predicted molar refractivity (Wildman–Crippen MR) is 74.6 cm³/mol. The van der Waals surface area contributed by atoms with Gasteiger partial charge in [0, 0.05) is 24.7 Å². The zero-order valence-electron chi connectivity index (χ0n) is 9.70. The fourth-order valence-electron chi connectivity index (χ4n) is 1.58. The van der Waals surface area contributed by atoms with Crippen molar-refractivity contribution in [3.05, 3.63) is 30.1 Å². The summed E-state index contributed by atoms with van der Waals surface area (Å²) in [7, 11) is 1.86. The topological polar surface area (TPSA) is 69.6 Å². The second kappa shape index (κ2) is 4.58. The standard InChI is InChI=1S/C11H11N5S2/c1-16-5-8(14-15-16)6-17-11-13-9-3-2-7(12)4-10(9)18-11/h2-5H,6,12H2,1H3. The first kappa shape index (κ1) is 11.5. The van der Waals surface area contributed by atoms with Crippen LogP contribution >= 0.6 is 23.1 Å². The van der Waals surface area contributed by atoms with Crippen LogP contribution in [0.3, 0.4) is 0 Å². The van der Waals surface area contributed by atoms with Gasteiger partial charge in [0.05, 0.1) is 15.9 Å². The number of aryl methyl sites for hydroxylation is 1. The van der Waals surface area contributed by atoms with Gasteiger partial charge in [-0.1, -0.05) is 17.0 Å². The molecule has 2 heterocycles. The first-order valence-electron chi connectivity index (χ1n) is 5.35. The molecular formula is C11H11N5S2. The van der Waals surface area contributed by atoms with Crippen molar-refractivity contribution < 1.29 is 0 Å². The molecule has 0 unspecified atom stereocenters. The Kier molecular flexibility index (Phi) is 2.92. The second-order valence-electron chi connectivity index (χ2n) is 3.88. The minimum absolute atomic E-state index is 0.775. The maximum Gasteiger partial charge on any atom is 0.151 e. The van der Waals surface area contributed by atoms with Crippen LogP contribution in [0.25, 0.3) is 10.2 Å². The third-order valence-corrected chi connectivity index (χ3v) is 4.58. The first-order valence-corrected chi connectivity index (χ1v) is 7.15. The van der Waals surface area contributed by atoms with Crippen molar-refractivity contribution in [2.75, 3.05) is 5.73 Å². The average Bonchev–Trinajstić information content (AvgIpc) is 2.92. The lowest BCUT2D eigenvalue weighted by Gasteiger charge is -1.90. The van der Waals surface area contributed by atoms with Crippen molar-refractivity contribution in [2.45, 2.75) is 10.1 Å². The Bertz CT molecular complexity index is 688. The zero-order valence-corrected chi connectivity index (χ0v) is 11.3. The molecule has 2 aromatic heterocycles. The van der Waals surface area contributed by atoms with Crippen LogP contribution in [0.15, 0.2) is 28.7 Å². The molecule has 7 heteroatoms. The maximum absolute atomic E-state index is 5.75. The summed E-state index contributed by atoms with van der Waals surface area (Å²) in [6.07, 6.45) is 1.91. The Morgan fingerprint density at radius 2 is 2.33 bits per heavy atom. The molecule has 0 aliphatic heterocycles. The molecule has 5 nitrogen and oxygen atoms in total. The smallest absolute Gasteiger partial charge is 0.151 e. The van der Waals surface area contributed by atoms with E-state index >= 15 is 0 Å². The molecule has 1 aromatic carbocycles. The van der Waals surface area contributed by atoms with E-state index in [1.165, 1.54) is 0 Å². The van der Waals surface area contributed by atoms with E-state index in [-0.39, 0.29) is 0 Å². The Labute approximate surface area is 112 Å². The molecule has 3 aromatic rings. The SMILES string of the molecule is Cn1cc(CSc2nc3ccc(N)cc3s2)nn1. The highest BCUT2D eigenvalue weighted by molar-refractivity contribution is 8.00. The highest BCUT2D eigenvalue weighted by Gasteiger charge is 2.06. The minimum Gasteiger partial charge on any atom is -0.399 e. The lowest BCUT2D eigenvalue weighted by Crippen LogP contribution is -1.85. The molecule has 0 radical (unpaired) electrons. The van der Waals surface area contributed by atoms with E-state index in [0.717, 1.165) is 31.7 Å². The summed E-state index contributed by atoms with van der Waals surface area (Å²) < 4.78 is 3.85. The number of rotatable bonds is 3. The zero-order chi connectivity index (χ0) is 12.5. The van der Waals surface area contributed by atoms with Crippen molar-refractivity contribution in [3.63, 3.8) is 0 Å². The molecule has 0 amide bonds. The summed E-state index contributed by atoms with van der Waals surface area (Å²) in [4.78, 5) is 4.55. The number of thioether (sulfide) groups is 1. The summed E-state index contributed by atoms with van der Waals surface area (Å²) in [6, 6.07) is 5.78. The van der Waals surface area contributed by atoms with Crippen LogP contribution in [0, 0.1) is 0 Å². The molecule has 2 N–H and O–H groups in total. The van der Waals surface area contributed by atoms with Gasteiger partial charge in [-0.2, -0.15) is 0 Å². The Morgan fingerprint density at radius 3 is 3.11 bits per heavy atom. The number of aromatic nitrogens is 4. The third kappa shape index (κ3) is 2.32. The molecule has 18 heavy (non-hydrogen) atoms. The predicted octanol–water partition coefficient (Wildman–Crippen LogP) is 2.30. The van der Waals surface area contributed by atoms with Gasteiger partial charge in [-0.3, -0.25) is 4.68 Å². The summed E-state index contributed by atoms with van der Waals surface area (Å²) in [5.74, 6) is 0.781. The minimum atomic E-state index is 0.775. The van der Waals surface area contributed by atoms with Crippen LogP contribution in [0.5, 0.6) is 0 Å². The van der Waals surface area contributed by atoms with Crippen LogP contribution in [0.2, 0.25) is 0 Å². The molecule has 0 fully saturated rings. The largest absolute Gasteiger partial charge is 0.399 e. The van der Waals surface area contributed by atoms with Crippen molar-refractivity contribution in [1.29, 1.82) is 0 Å². The molecule has 0 saturated heterocycles. The van der Waals surface area contributed by atoms with E-state index < -0.39 is 0 Å². The molecule has 0 aliphatic carbocycles. The van der Waals surface area contributed by atoms with Crippen LogP contribution < -0.4 is 5.73 Å².